The molecule has 0 bridgehead atoms. The zero-order valence-corrected chi connectivity index (χ0v) is 13.3. The van der Waals surface area contributed by atoms with Crippen molar-refractivity contribution in [1.82, 2.24) is 0 Å². The molecule has 0 aromatic carbocycles. The van der Waals surface area contributed by atoms with Gasteiger partial charge in [-0.1, -0.05) is 39.2 Å². The molecule has 21 heavy (non-hydrogen) atoms. The van der Waals surface area contributed by atoms with Gasteiger partial charge < -0.3 is 9.47 Å². The second-order valence-electron chi connectivity index (χ2n) is 5.86. The Labute approximate surface area is 127 Å². The van der Waals surface area contributed by atoms with Gasteiger partial charge in [0, 0.05) is 19.3 Å². The molecular weight excluding hydrogens is 268 g/mol. The van der Waals surface area contributed by atoms with Crippen LogP contribution in [0.3, 0.4) is 0 Å². The zero-order valence-electron chi connectivity index (χ0n) is 13.3. The zero-order chi connectivity index (χ0) is 15.8. The number of carbonyl (C=O) groups is 2. The molecule has 1 fully saturated rings. The van der Waals surface area contributed by atoms with Crippen LogP contribution in [-0.2, 0) is 19.1 Å². The fourth-order valence-corrected chi connectivity index (χ4v) is 2.41. The summed E-state index contributed by atoms with van der Waals surface area (Å²) in [5, 5.41) is 0. The Bertz CT molecular complexity index is 421. The van der Waals surface area contributed by atoms with Crippen LogP contribution in [0, 0.1) is 11.8 Å². The van der Waals surface area contributed by atoms with E-state index in [0.717, 1.165) is 19.3 Å². The molecule has 4 nitrogen and oxygen atoms in total. The van der Waals surface area contributed by atoms with Crippen LogP contribution < -0.4 is 0 Å². The van der Waals surface area contributed by atoms with Gasteiger partial charge in [0.25, 0.3) is 0 Å². The van der Waals surface area contributed by atoms with Crippen LogP contribution in [-0.4, -0.2) is 18.5 Å². The summed E-state index contributed by atoms with van der Waals surface area (Å²) in [7, 11) is 0. The molecule has 1 aliphatic heterocycles. The minimum Gasteiger partial charge on any atom is -0.461 e. The van der Waals surface area contributed by atoms with Gasteiger partial charge in [-0.05, 0) is 12.3 Å². The van der Waals surface area contributed by atoms with Crippen molar-refractivity contribution >= 4 is 11.9 Å². The van der Waals surface area contributed by atoms with Crippen LogP contribution in [0.1, 0.15) is 52.9 Å². The third kappa shape index (κ3) is 5.74. The number of ether oxygens (including phenoxy) is 2. The summed E-state index contributed by atoms with van der Waals surface area (Å²) in [5.74, 6) is 0.189. The largest absolute Gasteiger partial charge is 0.461 e. The van der Waals surface area contributed by atoms with Gasteiger partial charge in [-0.25, -0.2) is 4.79 Å². The van der Waals surface area contributed by atoms with E-state index in [2.05, 4.69) is 20.4 Å². The van der Waals surface area contributed by atoms with E-state index < -0.39 is 11.9 Å². The van der Waals surface area contributed by atoms with Crippen molar-refractivity contribution in [2.24, 2.45) is 11.8 Å². The molecule has 0 N–H and O–H groups in total. The van der Waals surface area contributed by atoms with Gasteiger partial charge in [-0.2, -0.15) is 0 Å². The summed E-state index contributed by atoms with van der Waals surface area (Å²) in [6.45, 7) is 9.76. The minimum atomic E-state index is -0.401. The van der Waals surface area contributed by atoms with Gasteiger partial charge in [0.05, 0.1) is 5.57 Å². The average molecular weight is 294 g/mol. The molecule has 1 saturated heterocycles. The van der Waals surface area contributed by atoms with Crippen molar-refractivity contribution in [3.63, 3.8) is 0 Å². The lowest BCUT2D eigenvalue weighted by Gasteiger charge is -2.12. The van der Waals surface area contributed by atoms with Gasteiger partial charge in [0.15, 0.2) is 0 Å². The van der Waals surface area contributed by atoms with Crippen molar-refractivity contribution < 1.29 is 19.1 Å². The van der Waals surface area contributed by atoms with Crippen LogP contribution in [0.5, 0.6) is 0 Å². The van der Waals surface area contributed by atoms with Gasteiger partial charge in [-0.15, -0.1) is 6.58 Å². The lowest BCUT2D eigenvalue weighted by atomic mass is 9.98. The number of rotatable bonds is 8. The number of unbranched alkanes of at least 4 members (excludes halogenated alkanes) is 2. The number of allylic oxidation sites excluding steroid dienone is 1. The van der Waals surface area contributed by atoms with Crippen LogP contribution in [0.25, 0.3) is 0 Å². The number of carbonyl (C=O) groups excluding carboxylic acids is 2. The molecule has 1 unspecified atom stereocenters. The Hall–Kier alpha value is -1.58. The van der Waals surface area contributed by atoms with Crippen molar-refractivity contribution in [2.45, 2.75) is 52.9 Å². The highest BCUT2D eigenvalue weighted by atomic mass is 16.6. The van der Waals surface area contributed by atoms with E-state index in [1.54, 1.807) is 6.08 Å². The second-order valence-corrected chi connectivity index (χ2v) is 5.86. The molecule has 1 rings (SSSR count). The first-order valence-corrected chi connectivity index (χ1v) is 7.66. The quantitative estimate of drug-likeness (QED) is 0.225. The number of hydrogen-bond acceptors (Lipinski definition) is 4. The third-order valence-electron chi connectivity index (χ3n) is 3.52. The average Bonchev–Trinajstić information content (AvgIpc) is 2.77. The molecule has 118 valence electrons. The lowest BCUT2D eigenvalue weighted by molar-refractivity contribution is -0.137. The van der Waals surface area contributed by atoms with Crippen molar-refractivity contribution in [3.8, 4) is 0 Å². The van der Waals surface area contributed by atoms with E-state index in [-0.39, 0.29) is 12.5 Å². The molecule has 0 aliphatic carbocycles. The fourth-order valence-electron chi connectivity index (χ4n) is 2.41. The van der Waals surface area contributed by atoms with Gasteiger partial charge in [-0.3, -0.25) is 4.79 Å². The molecule has 0 aromatic heterocycles. The minimum absolute atomic E-state index is 0.178. The van der Waals surface area contributed by atoms with Crippen molar-refractivity contribution in [2.75, 3.05) is 6.61 Å². The number of cyclic esters (lactones) is 1. The molecule has 4 heteroatoms. The Morgan fingerprint density at radius 1 is 1.43 bits per heavy atom. The summed E-state index contributed by atoms with van der Waals surface area (Å²) >= 11 is 0. The maximum absolute atomic E-state index is 11.8. The van der Waals surface area contributed by atoms with Gasteiger partial charge in [0.1, 0.15) is 12.4 Å². The van der Waals surface area contributed by atoms with Crippen LogP contribution in [0.15, 0.2) is 24.0 Å². The maximum Gasteiger partial charge on any atom is 0.338 e. The summed E-state index contributed by atoms with van der Waals surface area (Å²) in [4.78, 5) is 23.1. The van der Waals surface area contributed by atoms with E-state index in [4.69, 9.17) is 9.47 Å². The second kappa shape index (κ2) is 8.65. The molecule has 0 spiro atoms. The van der Waals surface area contributed by atoms with Gasteiger partial charge in [0.2, 0.25) is 0 Å². The molecule has 0 saturated carbocycles. The lowest BCUT2D eigenvalue weighted by Crippen LogP contribution is -2.10. The highest BCUT2D eigenvalue weighted by Gasteiger charge is 2.32. The van der Waals surface area contributed by atoms with Crippen LogP contribution >= 0.6 is 0 Å². The Morgan fingerprint density at radius 2 is 2.14 bits per heavy atom. The summed E-state index contributed by atoms with van der Waals surface area (Å²) in [6.07, 6.45) is 6.56. The van der Waals surface area contributed by atoms with E-state index in [0.29, 0.717) is 23.7 Å². The molecule has 0 radical (unpaired) electrons. The van der Waals surface area contributed by atoms with Crippen molar-refractivity contribution in [3.05, 3.63) is 24.0 Å². The molecular formula is C17H26O4. The molecule has 1 atom stereocenters. The summed E-state index contributed by atoms with van der Waals surface area (Å²) in [5.41, 5.74) is 0.462. The summed E-state index contributed by atoms with van der Waals surface area (Å²) in [6, 6.07) is 0. The first-order valence-electron chi connectivity index (χ1n) is 7.66. The molecule has 1 aliphatic rings. The predicted octanol–water partition coefficient (Wildman–Crippen LogP) is 3.77. The summed E-state index contributed by atoms with van der Waals surface area (Å²) < 4.78 is 10.3. The normalized spacial score (nSPS) is 20.4. The topological polar surface area (TPSA) is 52.6 Å². The van der Waals surface area contributed by atoms with Gasteiger partial charge >= 0.3 is 11.9 Å². The maximum atomic E-state index is 11.8. The van der Waals surface area contributed by atoms with E-state index in [1.165, 1.54) is 13.3 Å². The van der Waals surface area contributed by atoms with E-state index in [9.17, 15) is 9.59 Å². The number of esters is 2. The smallest absolute Gasteiger partial charge is 0.338 e. The highest BCUT2D eigenvalue weighted by molar-refractivity contribution is 5.92. The monoisotopic (exact) mass is 294 g/mol. The SMILES string of the molecule is C=CC1COC(=O)/C1=C(/CCCCCC(C)C)OC(C)=O. The first-order chi connectivity index (χ1) is 9.95. The Kier molecular flexibility index (Phi) is 7.20. The highest BCUT2D eigenvalue weighted by Crippen LogP contribution is 2.29. The van der Waals surface area contributed by atoms with Crippen molar-refractivity contribution in [1.29, 1.82) is 0 Å². The molecule has 1 heterocycles. The van der Waals surface area contributed by atoms with Crippen LogP contribution in [0.4, 0.5) is 0 Å². The van der Waals surface area contributed by atoms with E-state index >= 15 is 0 Å². The van der Waals surface area contributed by atoms with Crippen LogP contribution in [0.2, 0.25) is 0 Å². The molecule has 0 aromatic rings. The number of hydrogen-bond donors (Lipinski definition) is 0. The fraction of sp³-hybridized carbons (Fsp3) is 0.647. The Morgan fingerprint density at radius 3 is 2.71 bits per heavy atom. The predicted molar refractivity (Wildman–Crippen MR) is 81.4 cm³/mol. The third-order valence-corrected chi connectivity index (χ3v) is 3.52. The Balaban J connectivity index is 2.69. The molecule has 0 amide bonds. The van der Waals surface area contributed by atoms with E-state index in [1.807, 2.05) is 0 Å². The first kappa shape index (κ1) is 17.5. The standard InChI is InChI=1S/C17H26O4/c1-5-14-11-20-17(19)16(14)15(21-13(4)18)10-8-6-7-9-12(2)3/h5,12,14H,1,6-11H2,2-4H3/b16-15-.